The molecule has 0 fully saturated rings. The van der Waals surface area contributed by atoms with Crippen molar-refractivity contribution >= 4 is 5.97 Å². The molecule has 2 unspecified atom stereocenters. The number of ether oxygens (including phenoxy) is 1. The Labute approximate surface area is 187 Å². The zero-order chi connectivity index (χ0) is 22.1. The number of carbonyl (C=O) groups is 1. The first-order valence-electron chi connectivity index (χ1n) is 13.0. The highest BCUT2D eigenvalue weighted by Gasteiger charge is 2.38. The van der Waals surface area contributed by atoms with E-state index < -0.39 is 0 Å². The third-order valence-electron chi connectivity index (χ3n) is 6.90. The molecule has 2 nitrogen and oxygen atoms in total. The van der Waals surface area contributed by atoms with Crippen LogP contribution in [0.3, 0.4) is 0 Å². The van der Waals surface area contributed by atoms with Crippen LogP contribution >= 0.6 is 0 Å². The standard InChI is InChI=1S/C28H50O2/c1-5-6-7-8-9-10-11-12-13-14-15-16-17-18-19-22-26(27(29)30-4)28(3)23-20-21-25(2)24-28/h20-21,23,26H,5-19,22,24H2,1-4H3. The van der Waals surface area contributed by atoms with Crippen LogP contribution in [0.2, 0.25) is 0 Å². The van der Waals surface area contributed by atoms with Gasteiger partial charge in [0.1, 0.15) is 0 Å². The van der Waals surface area contributed by atoms with Crippen molar-refractivity contribution in [3.63, 3.8) is 0 Å². The Bertz CT molecular complexity index is 505. The summed E-state index contributed by atoms with van der Waals surface area (Å²) in [6, 6.07) is 0. The fourth-order valence-corrected chi connectivity index (χ4v) is 4.97. The lowest BCUT2D eigenvalue weighted by Crippen LogP contribution is -2.34. The predicted molar refractivity (Wildman–Crippen MR) is 131 cm³/mol. The molecule has 0 amide bonds. The number of unbranched alkanes of at least 4 members (excludes halogenated alkanes) is 14. The minimum Gasteiger partial charge on any atom is -0.469 e. The van der Waals surface area contributed by atoms with Gasteiger partial charge in [0.05, 0.1) is 13.0 Å². The van der Waals surface area contributed by atoms with Gasteiger partial charge in [-0.1, -0.05) is 134 Å². The highest BCUT2D eigenvalue weighted by molar-refractivity contribution is 5.73. The number of hydrogen-bond donors (Lipinski definition) is 0. The monoisotopic (exact) mass is 418 g/mol. The number of carbonyl (C=O) groups excluding carboxylic acids is 1. The summed E-state index contributed by atoms with van der Waals surface area (Å²) in [5.74, 6) is -0.0633. The molecule has 0 radical (unpaired) electrons. The van der Waals surface area contributed by atoms with Crippen molar-refractivity contribution in [1.29, 1.82) is 0 Å². The molecule has 1 rings (SSSR count). The van der Waals surface area contributed by atoms with E-state index in [1.807, 2.05) is 0 Å². The second-order valence-corrected chi connectivity index (χ2v) is 9.87. The van der Waals surface area contributed by atoms with Gasteiger partial charge in [0.25, 0.3) is 0 Å². The predicted octanol–water partition coefficient (Wildman–Crippen LogP) is 8.95. The summed E-state index contributed by atoms with van der Waals surface area (Å²) < 4.78 is 5.15. The van der Waals surface area contributed by atoms with E-state index in [9.17, 15) is 4.79 Å². The van der Waals surface area contributed by atoms with Crippen molar-refractivity contribution in [3.05, 3.63) is 23.8 Å². The SMILES string of the molecule is CCCCCCCCCCCCCCCCCC(C(=O)OC)C1(C)C=CC=C(C)C1. The maximum Gasteiger partial charge on any atom is 0.309 e. The lowest BCUT2D eigenvalue weighted by molar-refractivity contribution is -0.149. The minimum atomic E-state index is -0.0953. The topological polar surface area (TPSA) is 26.3 Å². The first-order valence-corrected chi connectivity index (χ1v) is 13.0. The first kappa shape index (κ1) is 27.0. The summed E-state index contributed by atoms with van der Waals surface area (Å²) in [5, 5.41) is 0. The molecule has 0 bridgehead atoms. The number of rotatable bonds is 18. The number of esters is 1. The van der Waals surface area contributed by atoms with Crippen molar-refractivity contribution in [3.8, 4) is 0 Å². The third kappa shape index (κ3) is 11.4. The van der Waals surface area contributed by atoms with Gasteiger partial charge in [-0.25, -0.2) is 0 Å². The fourth-order valence-electron chi connectivity index (χ4n) is 4.97. The quantitative estimate of drug-likeness (QED) is 0.164. The maximum atomic E-state index is 12.4. The van der Waals surface area contributed by atoms with Crippen molar-refractivity contribution in [2.45, 2.75) is 130 Å². The van der Waals surface area contributed by atoms with Gasteiger partial charge in [-0.05, 0) is 19.8 Å². The van der Waals surface area contributed by atoms with Gasteiger partial charge in [-0.2, -0.15) is 0 Å². The Morgan fingerprint density at radius 3 is 1.80 bits per heavy atom. The van der Waals surface area contributed by atoms with Crippen LogP contribution in [-0.4, -0.2) is 13.1 Å². The molecule has 0 aromatic rings. The van der Waals surface area contributed by atoms with E-state index in [2.05, 4.69) is 39.0 Å². The number of hydrogen-bond acceptors (Lipinski definition) is 2. The van der Waals surface area contributed by atoms with Crippen LogP contribution in [-0.2, 0) is 9.53 Å². The molecule has 0 N–H and O–H groups in total. The smallest absolute Gasteiger partial charge is 0.309 e. The van der Waals surface area contributed by atoms with Crippen LogP contribution in [0.25, 0.3) is 0 Å². The Kier molecular flexibility index (Phi) is 14.9. The van der Waals surface area contributed by atoms with Gasteiger partial charge >= 0.3 is 5.97 Å². The van der Waals surface area contributed by atoms with Gasteiger partial charge in [0.15, 0.2) is 0 Å². The summed E-state index contributed by atoms with van der Waals surface area (Å²) in [7, 11) is 1.53. The average molecular weight is 419 g/mol. The van der Waals surface area contributed by atoms with E-state index in [1.165, 1.54) is 103 Å². The zero-order valence-electron chi connectivity index (χ0n) is 20.6. The third-order valence-corrected chi connectivity index (χ3v) is 6.90. The summed E-state index contributed by atoms with van der Waals surface area (Å²) >= 11 is 0. The summed E-state index contributed by atoms with van der Waals surface area (Å²) in [6.45, 7) is 6.66. The number of allylic oxidation sites excluding steroid dienone is 4. The molecule has 0 aromatic heterocycles. The van der Waals surface area contributed by atoms with E-state index in [-0.39, 0.29) is 17.3 Å². The number of methoxy groups -OCH3 is 1. The Hall–Kier alpha value is -1.05. The molecular formula is C28H50O2. The van der Waals surface area contributed by atoms with Gasteiger partial charge in [-0.15, -0.1) is 0 Å². The molecule has 1 aliphatic carbocycles. The normalized spacial score (nSPS) is 19.5. The Morgan fingerprint density at radius 2 is 1.37 bits per heavy atom. The van der Waals surface area contributed by atoms with E-state index in [0.29, 0.717) is 0 Å². The van der Waals surface area contributed by atoms with Gasteiger partial charge in [0.2, 0.25) is 0 Å². The Morgan fingerprint density at radius 1 is 0.900 bits per heavy atom. The highest BCUT2D eigenvalue weighted by Crippen LogP contribution is 2.41. The molecule has 2 heteroatoms. The van der Waals surface area contributed by atoms with Crippen LogP contribution in [0.4, 0.5) is 0 Å². The van der Waals surface area contributed by atoms with Crippen LogP contribution in [0, 0.1) is 11.3 Å². The van der Waals surface area contributed by atoms with Crippen molar-refractivity contribution in [1.82, 2.24) is 0 Å². The molecule has 30 heavy (non-hydrogen) atoms. The van der Waals surface area contributed by atoms with E-state index in [0.717, 1.165) is 19.3 Å². The molecule has 174 valence electrons. The zero-order valence-corrected chi connectivity index (χ0v) is 20.6. The Balaban J connectivity index is 2.06. The minimum absolute atomic E-state index is 0.0237. The summed E-state index contributed by atoms with van der Waals surface area (Å²) in [4.78, 5) is 12.4. The highest BCUT2D eigenvalue weighted by atomic mass is 16.5. The molecule has 0 heterocycles. The van der Waals surface area contributed by atoms with Gasteiger partial charge < -0.3 is 4.74 Å². The van der Waals surface area contributed by atoms with E-state index >= 15 is 0 Å². The second-order valence-electron chi connectivity index (χ2n) is 9.87. The molecule has 0 saturated heterocycles. The molecular weight excluding hydrogens is 368 g/mol. The van der Waals surface area contributed by atoms with E-state index in [4.69, 9.17) is 4.74 Å². The van der Waals surface area contributed by atoms with Gasteiger partial charge in [-0.3, -0.25) is 4.79 Å². The van der Waals surface area contributed by atoms with E-state index in [1.54, 1.807) is 0 Å². The molecule has 0 aliphatic heterocycles. The fraction of sp³-hybridized carbons (Fsp3) is 0.821. The van der Waals surface area contributed by atoms with Crippen LogP contribution < -0.4 is 0 Å². The summed E-state index contributed by atoms with van der Waals surface area (Å²) in [6.07, 6.45) is 29.0. The maximum absolute atomic E-state index is 12.4. The van der Waals surface area contributed by atoms with Crippen LogP contribution in [0.1, 0.15) is 130 Å². The van der Waals surface area contributed by atoms with Gasteiger partial charge in [0, 0.05) is 5.41 Å². The molecule has 1 aliphatic rings. The summed E-state index contributed by atoms with van der Waals surface area (Å²) in [5.41, 5.74) is 1.26. The largest absolute Gasteiger partial charge is 0.469 e. The molecule has 2 atom stereocenters. The first-order chi connectivity index (χ1) is 14.5. The lowest BCUT2D eigenvalue weighted by Gasteiger charge is -2.35. The van der Waals surface area contributed by atoms with Crippen LogP contribution in [0.5, 0.6) is 0 Å². The van der Waals surface area contributed by atoms with Crippen molar-refractivity contribution < 1.29 is 9.53 Å². The molecule has 0 saturated carbocycles. The van der Waals surface area contributed by atoms with Crippen LogP contribution in [0.15, 0.2) is 23.8 Å². The lowest BCUT2D eigenvalue weighted by atomic mass is 9.69. The van der Waals surface area contributed by atoms with Crippen molar-refractivity contribution in [2.75, 3.05) is 7.11 Å². The molecule has 0 aromatic carbocycles. The molecule has 0 spiro atoms. The second kappa shape index (κ2) is 16.6. The average Bonchev–Trinajstić information content (AvgIpc) is 2.72. The van der Waals surface area contributed by atoms with Crippen molar-refractivity contribution in [2.24, 2.45) is 11.3 Å².